The molecule has 0 saturated heterocycles. The number of phenols is 2. The summed E-state index contributed by atoms with van der Waals surface area (Å²) >= 11 is 0. The standard InChI is InChI=1S/C18H20O2/c19-17-11-10-14(12-18(17)20)16-9-5-4-8-15(16)13-6-2-1-3-7-13/h4-5,8-13,19-20H,1-3,6-7H2. The average molecular weight is 268 g/mol. The molecule has 104 valence electrons. The molecule has 2 aromatic rings. The van der Waals surface area contributed by atoms with Crippen molar-refractivity contribution in [3.63, 3.8) is 0 Å². The van der Waals surface area contributed by atoms with E-state index < -0.39 is 0 Å². The van der Waals surface area contributed by atoms with E-state index in [1.807, 2.05) is 12.1 Å². The van der Waals surface area contributed by atoms with Gasteiger partial charge in [-0.1, -0.05) is 49.6 Å². The Kier molecular flexibility index (Phi) is 3.64. The zero-order valence-corrected chi connectivity index (χ0v) is 11.5. The summed E-state index contributed by atoms with van der Waals surface area (Å²) < 4.78 is 0. The fourth-order valence-corrected chi connectivity index (χ4v) is 3.22. The lowest BCUT2D eigenvalue weighted by molar-refractivity contribution is 0.404. The van der Waals surface area contributed by atoms with Gasteiger partial charge in [-0.05, 0) is 47.6 Å². The van der Waals surface area contributed by atoms with Gasteiger partial charge in [-0.3, -0.25) is 0 Å². The summed E-state index contributed by atoms with van der Waals surface area (Å²) in [6.45, 7) is 0. The van der Waals surface area contributed by atoms with Gasteiger partial charge in [0.25, 0.3) is 0 Å². The first-order chi connectivity index (χ1) is 9.75. The normalized spacial score (nSPS) is 16.2. The van der Waals surface area contributed by atoms with E-state index in [2.05, 4.69) is 18.2 Å². The molecular formula is C18H20O2. The second-order valence-electron chi connectivity index (χ2n) is 5.63. The van der Waals surface area contributed by atoms with Crippen molar-refractivity contribution in [2.75, 3.05) is 0 Å². The van der Waals surface area contributed by atoms with Crippen molar-refractivity contribution < 1.29 is 10.2 Å². The topological polar surface area (TPSA) is 40.5 Å². The molecule has 1 aliphatic rings. The highest BCUT2D eigenvalue weighted by Gasteiger charge is 2.19. The summed E-state index contributed by atoms with van der Waals surface area (Å²) in [5, 5.41) is 19.2. The highest BCUT2D eigenvalue weighted by molar-refractivity contribution is 5.70. The van der Waals surface area contributed by atoms with E-state index in [-0.39, 0.29) is 11.5 Å². The van der Waals surface area contributed by atoms with Gasteiger partial charge in [0.05, 0.1) is 0 Å². The maximum atomic E-state index is 9.71. The highest BCUT2D eigenvalue weighted by Crippen LogP contribution is 2.39. The van der Waals surface area contributed by atoms with Gasteiger partial charge in [-0.15, -0.1) is 0 Å². The van der Waals surface area contributed by atoms with Gasteiger partial charge in [0.15, 0.2) is 11.5 Å². The summed E-state index contributed by atoms with van der Waals surface area (Å²) in [7, 11) is 0. The first-order valence-electron chi connectivity index (χ1n) is 7.37. The fourth-order valence-electron chi connectivity index (χ4n) is 3.22. The summed E-state index contributed by atoms with van der Waals surface area (Å²) in [5.74, 6) is 0.501. The first-order valence-corrected chi connectivity index (χ1v) is 7.37. The van der Waals surface area contributed by atoms with Crippen molar-refractivity contribution in [1.29, 1.82) is 0 Å². The molecule has 0 heterocycles. The van der Waals surface area contributed by atoms with Crippen LogP contribution < -0.4 is 0 Å². The summed E-state index contributed by atoms with van der Waals surface area (Å²) in [6.07, 6.45) is 6.46. The molecule has 20 heavy (non-hydrogen) atoms. The fraction of sp³-hybridized carbons (Fsp3) is 0.333. The summed E-state index contributed by atoms with van der Waals surface area (Å²) in [6, 6.07) is 13.5. The Balaban J connectivity index is 2.02. The largest absolute Gasteiger partial charge is 0.504 e. The zero-order chi connectivity index (χ0) is 13.9. The quantitative estimate of drug-likeness (QED) is 0.767. The van der Waals surface area contributed by atoms with Gasteiger partial charge in [0, 0.05) is 0 Å². The van der Waals surface area contributed by atoms with Gasteiger partial charge < -0.3 is 10.2 Å². The Morgan fingerprint density at radius 1 is 0.800 bits per heavy atom. The van der Waals surface area contributed by atoms with Crippen LogP contribution in [0.5, 0.6) is 11.5 Å². The van der Waals surface area contributed by atoms with Crippen molar-refractivity contribution >= 4 is 0 Å². The third-order valence-electron chi connectivity index (χ3n) is 4.29. The van der Waals surface area contributed by atoms with Crippen LogP contribution in [0, 0.1) is 0 Å². The molecule has 2 nitrogen and oxygen atoms in total. The molecule has 0 atom stereocenters. The maximum Gasteiger partial charge on any atom is 0.158 e. The Hall–Kier alpha value is -1.96. The predicted molar refractivity (Wildman–Crippen MR) is 81.0 cm³/mol. The molecule has 2 heteroatoms. The Labute approximate surface area is 119 Å². The Morgan fingerprint density at radius 3 is 2.30 bits per heavy atom. The van der Waals surface area contributed by atoms with Crippen LogP contribution in [0.2, 0.25) is 0 Å². The second-order valence-corrected chi connectivity index (χ2v) is 5.63. The smallest absolute Gasteiger partial charge is 0.158 e. The highest BCUT2D eigenvalue weighted by atomic mass is 16.3. The summed E-state index contributed by atoms with van der Waals surface area (Å²) in [4.78, 5) is 0. The van der Waals surface area contributed by atoms with Crippen LogP contribution >= 0.6 is 0 Å². The lowest BCUT2D eigenvalue weighted by Gasteiger charge is -2.24. The number of benzene rings is 2. The Morgan fingerprint density at radius 2 is 1.55 bits per heavy atom. The maximum absolute atomic E-state index is 9.71. The van der Waals surface area contributed by atoms with Crippen LogP contribution in [-0.4, -0.2) is 10.2 Å². The molecule has 1 saturated carbocycles. The van der Waals surface area contributed by atoms with Crippen LogP contribution in [-0.2, 0) is 0 Å². The predicted octanol–water partition coefficient (Wildman–Crippen LogP) is 4.81. The van der Waals surface area contributed by atoms with Crippen LogP contribution in [0.25, 0.3) is 11.1 Å². The third-order valence-corrected chi connectivity index (χ3v) is 4.29. The zero-order valence-electron chi connectivity index (χ0n) is 11.5. The molecule has 2 aromatic carbocycles. The van der Waals surface area contributed by atoms with Crippen molar-refractivity contribution in [3.8, 4) is 22.6 Å². The molecule has 0 aliphatic heterocycles. The molecule has 2 N–H and O–H groups in total. The second kappa shape index (κ2) is 5.58. The van der Waals surface area contributed by atoms with Crippen LogP contribution in [0.15, 0.2) is 42.5 Å². The van der Waals surface area contributed by atoms with E-state index in [0.717, 1.165) is 5.56 Å². The van der Waals surface area contributed by atoms with Crippen molar-refractivity contribution in [2.45, 2.75) is 38.0 Å². The van der Waals surface area contributed by atoms with Crippen molar-refractivity contribution in [3.05, 3.63) is 48.0 Å². The van der Waals surface area contributed by atoms with E-state index in [1.54, 1.807) is 12.1 Å². The molecule has 0 unspecified atom stereocenters. The molecule has 0 aromatic heterocycles. The van der Waals surface area contributed by atoms with E-state index in [0.29, 0.717) is 5.92 Å². The molecule has 0 bridgehead atoms. The van der Waals surface area contributed by atoms with Gasteiger partial charge in [0.1, 0.15) is 0 Å². The van der Waals surface area contributed by atoms with Crippen molar-refractivity contribution in [1.82, 2.24) is 0 Å². The molecule has 0 radical (unpaired) electrons. The Bertz CT molecular complexity index is 598. The van der Waals surface area contributed by atoms with E-state index in [1.165, 1.54) is 43.2 Å². The summed E-state index contributed by atoms with van der Waals surface area (Å²) in [5.41, 5.74) is 3.52. The lowest BCUT2D eigenvalue weighted by Crippen LogP contribution is -2.05. The number of phenolic OH excluding ortho intramolecular Hbond substituents is 2. The average Bonchev–Trinajstić information content (AvgIpc) is 2.51. The number of hydrogen-bond donors (Lipinski definition) is 2. The van der Waals surface area contributed by atoms with Gasteiger partial charge >= 0.3 is 0 Å². The van der Waals surface area contributed by atoms with Gasteiger partial charge in [0.2, 0.25) is 0 Å². The third kappa shape index (κ3) is 2.51. The van der Waals surface area contributed by atoms with Crippen LogP contribution in [0.4, 0.5) is 0 Å². The molecule has 1 fully saturated rings. The van der Waals surface area contributed by atoms with Gasteiger partial charge in [-0.2, -0.15) is 0 Å². The lowest BCUT2D eigenvalue weighted by atomic mass is 9.81. The van der Waals surface area contributed by atoms with E-state index in [9.17, 15) is 10.2 Å². The molecule has 0 spiro atoms. The SMILES string of the molecule is Oc1ccc(-c2ccccc2C2CCCCC2)cc1O. The number of rotatable bonds is 2. The molecule has 0 amide bonds. The minimum Gasteiger partial charge on any atom is -0.504 e. The minimum absolute atomic E-state index is 0.0547. The molecular weight excluding hydrogens is 248 g/mol. The van der Waals surface area contributed by atoms with E-state index in [4.69, 9.17) is 0 Å². The minimum atomic E-state index is -0.0658. The molecule has 1 aliphatic carbocycles. The number of aromatic hydroxyl groups is 2. The van der Waals surface area contributed by atoms with Crippen LogP contribution in [0.3, 0.4) is 0 Å². The van der Waals surface area contributed by atoms with E-state index >= 15 is 0 Å². The monoisotopic (exact) mass is 268 g/mol. The van der Waals surface area contributed by atoms with Crippen molar-refractivity contribution in [2.24, 2.45) is 0 Å². The van der Waals surface area contributed by atoms with Gasteiger partial charge in [-0.25, -0.2) is 0 Å². The molecule has 3 rings (SSSR count). The van der Waals surface area contributed by atoms with Crippen LogP contribution in [0.1, 0.15) is 43.6 Å². The first kappa shape index (κ1) is 13.0. The number of hydrogen-bond acceptors (Lipinski definition) is 2.